The van der Waals surface area contributed by atoms with E-state index in [0.29, 0.717) is 0 Å². The summed E-state index contributed by atoms with van der Waals surface area (Å²) >= 11 is 0. The molecule has 1 aromatic carbocycles. The third-order valence-corrected chi connectivity index (χ3v) is 1.52. The molecule has 1 aromatic rings. The van der Waals surface area contributed by atoms with Crippen LogP contribution in [-0.4, -0.2) is 17.6 Å². The molecular weight excluding hydrogens is 178 g/mol. The summed E-state index contributed by atoms with van der Waals surface area (Å²) < 4.78 is 0. The van der Waals surface area contributed by atoms with Crippen molar-refractivity contribution in [1.29, 1.82) is 0 Å². The molecule has 0 aliphatic heterocycles. The first-order valence-corrected chi connectivity index (χ1v) is 4.20. The van der Waals surface area contributed by atoms with Crippen molar-refractivity contribution >= 4 is 11.6 Å². The third-order valence-electron chi connectivity index (χ3n) is 1.52. The van der Waals surface area contributed by atoms with E-state index >= 15 is 0 Å². The van der Waals surface area contributed by atoms with E-state index in [2.05, 4.69) is 17.2 Å². The summed E-state index contributed by atoms with van der Waals surface area (Å²) in [6.07, 6.45) is 0. The smallest absolute Gasteiger partial charge is 0.221 e. The molecule has 3 heteroatoms. The van der Waals surface area contributed by atoms with E-state index in [0.717, 1.165) is 11.3 Å². The largest absolute Gasteiger partial charge is 0.384 e. The van der Waals surface area contributed by atoms with Crippen molar-refractivity contribution < 1.29 is 9.90 Å². The number of rotatable bonds is 1. The van der Waals surface area contributed by atoms with Gasteiger partial charge in [-0.1, -0.05) is 11.8 Å². The van der Waals surface area contributed by atoms with Crippen molar-refractivity contribution in [3.63, 3.8) is 0 Å². The van der Waals surface area contributed by atoms with E-state index in [4.69, 9.17) is 5.11 Å². The Hall–Kier alpha value is -1.79. The Morgan fingerprint density at radius 3 is 2.57 bits per heavy atom. The Kier molecular flexibility index (Phi) is 3.71. The standard InChI is InChI=1S/C11H11NO2/c1-9(14)12-11-6-4-10(5-7-11)3-2-8-13/h4-7,13H,8H2,1H3,(H,12,14). The SMILES string of the molecule is CC(=O)Nc1ccc(C#CCO)cc1. The summed E-state index contributed by atoms with van der Waals surface area (Å²) in [6, 6.07) is 7.10. The van der Waals surface area contributed by atoms with Crippen LogP contribution in [0.5, 0.6) is 0 Å². The first-order valence-electron chi connectivity index (χ1n) is 4.20. The van der Waals surface area contributed by atoms with Gasteiger partial charge in [-0.2, -0.15) is 0 Å². The number of amides is 1. The van der Waals surface area contributed by atoms with Crippen LogP contribution in [0.3, 0.4) is 0 Å². The average Bonchev–Trinajstić information content (AvgIpc) is 2.16. The van der Waals surface area contributed by atoms with E-state index in [1.54, 1.807) is 24.3 Å². The molecule has 0 atom stereocenters. The Morgan fingerprint density at radius 1 is 1.43 bits per heavy atom. The van der Waals surface area contributed by atoms with Crippen molar-refractivity contribution in [3.05, 3.63) is 29.8 Å². The average molecular weight is 189 g/mol. The number of carbonyl (C=O) groups is 1. The van der Waals surface area contributed by atoms with Gasteiger partial charge in [0.15, 0.2) is 0 Å². The molecular formula is C11H11NO2. The molecule has 0 radical (unpaired) electrons. The summed E-state index contributed by atoms with van der Waals surface area (Å²) in [5.41, 5.74) is 1.56. The van der Waals surface area contributed by atoms with Gasteiger partial charge < -0.3 is 10.4 Å². The van der Waals surface area contributed by atoms with Gasteiger partial charge >= 0.3 is 0 Å². The fraction of sp³-hybridized carbons (Fsp3) is 0.182. The molecule has 0 aliphatic rings. The molecule has 0 saturated carbocycles. The summed E-state index contributed by atoms with van der Waals surface area (Å²) in [5, 5.41) is 11.1. The monoisotopic (exact) mass is 189 g/mol. The van der Waals surface area contributed by atoms with E-state index in [-0.39, 0.29) is 12.5 Å². The lowest BCUT2D eigenvalue weighted by Gasteiger charge is -2.00. The topological polar surface area (TPSA) is 49.3 Å². The molecule has 0 aliphatic carbocycles. The maximum atomic E-state index is 10.7. The van der Waals surface area contributed by atoms with Crippen molar-refractivity contribution in [2.24, 2.45) is 0 Å². The molecule has 2 N–H and O–H groups in total. The van der Waals surface area contributed by atoms with E-state index < -0.39 is 0 Å². The van der Waals surface area contributed by atoms with Gasteiger partial charge in [0.2, 0.25) is 5.91 Å². The lowest BCUT2D eigenvalue weighted by molar-refractivity contribution is -0.114. The predicted octanol–water partition coefficient (Wildman–Crippen LogP) is 0.989. The van der Waals surface area contributed by atoms with Gasteiger partial charge in [0.25, 0.3) is 0 Å². The lowest BCUT2D eigenvalue weighted by Crippen LogP contribution is -2.05. The second kappa shape index (κ2) is 5.05. The maximum Gasteiger partial charge on any atom is 0.221 e. The van der Waals surface area contributed by atoms with E-state index in [1.165, 1.54) is 6.92 Å². The predicted molar refractivity (Wildman–Crippen MR) is 54.7 cm³/mol. The first kappa shape index (κ1) is 10.3. The molecule has 0 bridgehead atoms. The zero-order valence-corrected chi connectivity index (χ0v) is 7.87. The number of aliphatic hydroxyl groups excluding tert-OH is 1. The number of nitrogens with one attached hydrogen (secondary N) is 1. The van der Waals surface area contributed by atoms with Crippen LogP contribution < -0.4 is 5.32 Å². The Bertz CT molecular complexity index is 371. The highest BCUT2D eigenvalue weighted by Gasteiger charge is 1.93. The Labute approximate surface area is 82.8 Å². The van der Waals surface area contributed by atoms with Gasteiger partial charge in [-0.15, -0.1) is 0 Å². The normalized spacial score (nSPS) is 8.71. The van der Waals surface area contributed by atoms with Crippen LogP contribution in [-0.2, 0) is 4.79 Å². The summed E-state index contributed by atoms with van der Waals surface area (Å²) in [6.45, 7) is 1.31. The fourth-order valence-electron chi connectivity index (χ4n) is 0.982. The minimum Gasteiger partial charge on any atom is -0.384 e. The molecule has 0 saturated heterocycles. The minimum atomic E-state index is -0.145. The van der Waals surface area contributed by atoms with Crippen LogP contribution in [0, 0.1) is 11.8 Å². The van der Waals surface area contributed by atoms with Crippen LogP contribution in [0.25, 0.3) is 0 Å². The zero-order chi connectivity index (χ0) is 10.4. The molecule has 14 heavy (non-hydrogen) atoms. The highest BCUT2D eigenvalue weighted by Crippen LogP contribution is 2.08. The summed E-state index contributed by atoms with van der Waals surface area (Å²) in [5.74, 6) is 5.21. The second-order valence-electron chi connectivity index (χ2n) is 2.72. The zero-order valence-electron chi connectivity index (χ0n) is 7.87. The van der Waals surface area contributed by atoms with Crippen LogP contribution >= 0.6 is 0 Å². The highest BCUT2D eigenvalue weighted by molar-refractivity contribution is 5.88. The molecule has 0 unspecified atom stereocenters. The van der Waals surface area contributed by atoms with Crippen LogP contribution in [0.2, 0.25) is 0 Å². The summed E-state index contributed by atoms with van der Waals surface area (Å²) in [7, 11) is 0. The van der Waals surface area contributed by atoms with Gasteiger partial charge in [-0.05, 0) is 24.3 Å². The number of hydrogen-bond acceptors (Lipinski definition) is 2. The van der Waals surface area contributed by atoms with Gasteiger partial charge in [-0.25, -0.2) is 0 Å². The molecule has 0 fully saturated rings. The van der Waals surface area contributed by atoms with Crippen molar-refractivity contribution in [2.45, 2.75) is 6.92 Å². The molecule has 0 spiro atoms. The molecule has 3 nitrogen and oxygen atoms in total. The van der Waals surface area contributed by atoms with Crippen LogP contribution in [0.4, 0.5) is 5.69 Å². The number of aliphatic hydroxyl groups is 1. The molecule has 0 heterocycles. The van der Waals surface area contributed by atoms with Gasteiger partial charge in [0.1, 0.15) is 6.61 Å². The Balaban J connectivity index is 2.73. The number of benzene rings is 1. The fourth-order valence-corrected chi connectivity index (χ4v) is 0.982. The quantitative estimate of drug-likeness (QED) is 0.647. The number of hydrogen-bond donors (Lipinski definition) is 2. The molecule has 72 valence electrons. The summed E-state index contributed by atoms with van der Waals surface area (Å²) in [4.78, 5) is 10.7. The third kappa shape index (κ3) is 3.30. The second-order valence-corrected chi connectivity index (χ2v) is 2.72. The van der Waals surface area contributed by atoms with Crippen LogP contribution in [0.1, 0.15) is 12.5 Å². The molecule has 0 aromatic heterocycles. The maximum absolute atomic E-state index is 10.7. The van der Waals surface area contributed by atoms with E-state index in [1.807, 2.05) is 0 Å². The number of carbonyl (C=O) groups excluding carboxylic acids is 1. The molecule has 1 amide bonds. The van der Waals surface area contributed by atoms with Gasteiger partial charge in [-0.3, -0.25) is 4.79 Å². The van der Waals surface area contributed by atoms with Crippen LogP contribution in [0.15, 0.2) is 24.3 Å². The molecule has 1 rings (SSSR count). The van der Waals surface area contributed by atoms with E-state index in [9.17, 15) is 4.79 Å². The lowest BCUT2D eigenvalue weighted by atomic mass is 10.2. The van der Waals surface area contributed by atoms with Crippen molar-refractivity contribution in [1.82, 2.24) is 0 Å². The van der Waals surface area contributed by atoms with Crippen molar-refractivity contribution in [2.75, 3.05) is 11.9 Å². The number of anilines is 1. The first-order chi connectivity index (χ1) is 6.72. The van der Waals surface area contributed by atoms with Gasteiger partial charge in [0, 0.05) is 18.2 Å². The van der Waals surface area contributed by atoms with Gasteiger partial charge in [0.05, 0.1) is 0 Å². The minimum absolute atomic E-state index is 0.0980. The Morgan fingerprint density at radius 2 is 2.07 bits per heavy atom. The highest BCUT2D eigenvalue weighted by atomic mass is 16.2. The van der Waals surface area contributed by atoms with Crippen molar-refractivity contribution in [3.8, 4) is 11.8 Å².